The molecule has 1 N–H and O–H groups in total. The van der Waals surface area contributed by atoms with Crippen LogP contribution in [0.2, 0.25) is 0 Å². The lowest BCUT2D eigenvalue weighted by Gasteiger charge is -2.50. The average Bonchev–Trinajstić information content (AvgIpc) is 3.39. The van der Waals surface area contributed by atoms with Gasteiger partial charge in [0.2, 0.25) is 17.6 Å². The summed E-state index contributed by atoms with van der Waals surface area (Å²) in [6.45, 7) is 1.53. The number of aromatic hydroxyl groups is 1. The zero-order valence-electron chi connectivity index (χ0n) is 24.3. The second-order valence-electron chi connectivity index (χ2n) is 12.2. The van der Waals surface area contributed by atoms with Crippen LogP contribution in [0.3, 0.4) is 0 Å². The van der Waals surface area contributed by atoms with Crippen molar-refractivity contribution < 1.29 is 46.2 Å². The molecular weight excluding hydrogens is 750 g/mol. The number of imide groups is 2. The lowest BCUT2D eigenvalue weighted by atomic mass is 9.56. The molecule has 0 spiro atoms. The Bertz CT molecular complexity index is 2020. The zero-order chi connectivity index (χ0) is 34.8. The molecule has 3 aromatic carbocycles. The van der Waals surface area contributed by atoms with Crippen LogP contribution in [0.4, 0.5) is 33.3 Å². The average molecular weight is 770 g/mol. The number of phenols is 1. The number of benzene rings is 3. The molecule has 2 saturated heterocycles. The van der Waals surface area contributed by atoms with E-state index in [2.05, 4.69) is 15.9 Å². The first-order valence-electron chi connectivity index (χ1n) is 14.5. The van der Waals surface area contributed by atoms with Gasteiger partial charge in [0.15, 0.2) is 33.0 Å². The first kappa shape index (κ1) is 32.7. The summed E-state index contributed by atoms with van der Waals surface area (Å²) in [4.78, 5) is 51.9. The van der Waals surface area contributed by atoms with Crippen LogP contribution >= 0.6 is 39.1 Å². The second-order valence-corrected chi connectivity index (χ2v) is 14.4. The summed E-state index contributed by atoms with van der Waals surface area (Å²) < 4.78 is 73.7. The number of fused-ring (bicyclic) bond motifs is 4. The molecule has 48 heavy (non-hydrogen) atoms. The van der Waals surface area contributed by atoms with E-state index in [1.54, 1.807) is 30.3 Å². The van der Waals surface area contributed by atoms with Crippen LogP contribution in [0.1, 0.15) is 29.9 Å². The third-order valence-corrected chi connectivity index (χ3v) is 11.8. The smallest absolute Gasteiger partial charge is 0.258 e. The molecule has 2 aliphatic carbocycles. The van der Waals surface area contributed by atoms with Gasteiger partial charge in [0, 0.05) is 10.4 Å². The summed E-state index contributed by atoms with van der Waals surface area (Å²) in [7, 11) is 0. The first-order chi connectivity index (χ1) is 22.6. The van der Waals surface area contributed by atoms with E-state index in [1.165, 1.54) is 25.1 Å². The summed E-state index contributed by atoms with van der Waals surface area (Å²) in [5.74, 6) is -21.2. The van der Waals surface area contributed by atoms with Crippen LogP contribution < -0.4 is 9.80 Å². The molecule has 0 aromatic heterocycles. The fraction of sp³-hybridized carbons (Fsp3) is 0.273. The maximum atomic E-state index is 15.2. The van der Waals surface area contributed by atoms with Crippen molar-refractivity contribution in [3.05, 3.63) is 98.8 Å². The van der Waals surface area contributed by atoms with Crippen molar-refractivity contribution in [2.75, 3.05) is 9.80 Å². The van der Waals surface area contributed by atoms with Crippen molar-refractivity contribution in [1.82, 2.24) is 0 Å². The van der Waals surface area contributed by atoms with Crippen molar-refractivity contribution in [1.29, 1.82) is 0 Å². The number of anilines is 2. The number of hydrogen-bond donors (Lipinski definition) is 1. The number of aryl methyl sites for hydroxylation is 1. The third kappa shape index (κ3) is 4.10. The van der Waals surface area contributed by atoms with Crippen molar-refractivity contribution in [3.8, 4) is 5.75 Å². The summed E-state index contributed by atoms with van der Waals surface area (Å²) in [5, 5.41) is 10.3. The first-order valence-corrected chi connectivity index (χ1v) is 16.0. The van der Waals surface area contributed by atoms with Crippen LogP contribution in [0.15, 0.2) is 58.6 Å². The SMILES string of the molecule is Cc1cc([C@H]2C3=CC[C@@H]4C(=O)N(c5ccc(Br)cc5)C(=O)[C@@H]4[C@@H]3C[C@@]3(Cl)C(=O)N(c4c(F)c(F)c(F)c(F)c4F)C(=O)[C@@]23Cl)ccc1O. The van der Waals surface area contributed by atoms with E-state index in [9.17, 15) is 37.5 Å². The zero-order valence-corrected chi connectivity index (χ0v) is 27.4. The summed E-state index contributed by atoms with van der Waals surface area (Å²) in [5.41, 5.74) is -0.762. The Labute approximate surface area is 287 Å². The van der Waals surface area contributed by atoms with E-state index in [-0.39, 0.29) is 28.3 Å². The molecule has 4 amide bonds. The van der Waals surface area contributed by atoms with E-state index in [1.807, 2.05) is 0 Å². The predicted molar refractivity (Wildman–Crippen MR) is 166 cm³/mol. The number of amides is 4. The van der Waals surface area contributed by atoms with Crippen LogP contribution in [-0.4, -0.2) is 38.5 Å². The molecule has 1 saturated carbocycles. The number of carbonyl (C=O) groups is 4. The van der Waals surface area contributed by atoms with Gasteiger partial charge < -0.3 is 5.11 Å². The fourth-order valence-corrected chi connectivity index (χ4v) is 8.84. The van der Waals surface area contributed by atoms with Gasteiger partial charge in [0.1, 0.15) is 11.4 Å². The van der Waals surface area contributed by atoms with Gasteiger partial charge in [-0.2, -0.15) is 0 Å². The molecule has 7 nitrogen and oxygen atoms in total. The highest BCUT2D eigenvalue weighted by molar-refractivity contribution is 9.10. The summed E-state index contributed by atoms with van der Waals surface area (Å²) >= 11 is 17.5. The Kier molecular flexibility index (Phi) is 7.39. The number of alkyl halides is 2. The topological polar surface area (TPSA) is 95.0 Å². The lowest BCUT2D eigenvalue weighted by molar-refractivity contribution is -0.125. The Hall–Kier alpha value is -3.81. The van der Waals surface area contributed by atoms with Gasteiger partial charge in [-0.25, -0.2) is 26.9 Å². The van der Waals surface area contributed by atoms with Crippen LogP contribution in [0, 0.1) is 53.8 Å². The fourth-order valence-electron chi connectivity index (χ4n) is 7.64. The molecule has 3 fully saturated rings. The number of allylic oxidation sites excluding steroid dienone is 2. The maximum absolute atomic E-state index is 15.2. The molecule has 0 radical (unpaired) electrons. The van der Waals surface area contributed by atoms with Gasteiger partial charge in [-0.05, 0) is 67.1 Å². The number of carbonyl (C=O) groups excluding carboxylic acids is 4. The van der Waals surface area contributed by atoms with Gasteiger partial charge in [0.25, 0.3) is 11.8 Å². The molecule has 3 aromatic rings. The largest absolute Gasteiger partial charge is 0.508 e. The molecule has 0 bridgehead atoms. The standard InChI is InChI=1S/C33H20BrCl2F5N2O5/c1-12-10-13(2-9-19(12)44)21-16-7-8-17-20(29(46)42(28(17)45)15-5-3-14(34)4-6-15)18(16)11-32(35)30(47)43(31(48)33(21,32)36)27-25(40)23(38)22(37)24(39)26(27)41/h2-7,9-10,17-18,20-21,44H,8,11H2,1H3/t17-,18+,20-,21-,32+,33-/m0/s1. The Balaban J connectivity index is 1.43. The third-order valence-electron chi connectivity index (χ3n) is 9.86. The molecule has 6 atom stereocenters. The Morgan fingerprint density at radius 3 is 2.02 bits per heavy atom. The predicted octanol–water partition coefficient (Wildman–Crippen LogP) is 6.93. The highest BCUT2D eigenvalue weighted by atomic mass is 79.9. The molecule has 15 heteroatoms. The molecule has 2 aliphatic heterocycles. The van der Waals surface area contributed by atoms with Gasteiger partial charge in [-0.3, -0.25) is 24.1 Å². The number of phenolic OH excluding ortho intramolecular Hbond substituents is 1. The number of hydrogen-bond acceptors (Lipinski definition) is 5. The lowest BCUT2D eigenvalue weighted by Crippen LogP contribution is -2.60. The van der Waals surface area contributed by atoms with Gasteiger partial charge in [-0.15, -0.1) is 23.2 Å². The number of nitrogens with zero attached hydrogens (tertiary/aromatic N) is 2. The van der Waals surface area contributed by atoms with Gasteiger partial charge in [0.05, 0.1) is 17.5 Å². The van der Waals surface area contributed by atoms with Gasteiger partial charge >= 0.3 is 0 Å². The monoisotopic (exact) mass is 768 g/mol. The maximum Gasteiger partial charge on any atom is 0.258 e. The van der Waals surface area contributed by atoms with E-state index in [0.717, 1.165) is 4.90 Å². The van der Waals surface area contributed by atoms with Crippen LogP contribution in [0.25, 0.3) is 0 Å². The normalized spacial score (nSPS) is 29.6. The molecular formula is C33H20BrCl2F5N2O5. The molecule has 2 heterocycles. The highest BCUT2D eigenvalue weighted by Gasteiger charge is 2.77. The number of rotatable bonds is 3. The van der Waals surface area contributed by atoms with E-state index < -0.39 is 98.2 Å². The Morgan fingerprint density at radius 1 is 0.812 bits per heavy atom. The van der Waals surface area contributed by atoms with Crippen molar-refractivity contribution in [2.45, 2.75) is 35.4 Å². The van der Waals surface area contributed by atoms with E-state index >= 15 is 8.78 Å². The molecule has 4 aliphatic rings. The Morgan fingerprint density at radius 2 is 1.42 bits per heavy atom. The van der Waals surface area contributed by atoms with Crippen molar-refractivity contribution in [2.24, 2.45) is 17.8 Å². The van der Waals surface area contributed by atoms with Crippen LogP contribution in [0.5, 0.6) is 5.75 Å². The number of halogens is 8. The van der Waals surface area contributed by atoms with Crippen molar-refractivity contribution in [3.63, 3.8) is 0 Å². The minimum Gasteiger partial charge on any atom is -0.508 e. The van der Waals surface area contributed by atoms with Crippen LogP contribution in [-0.2, 0) is 19.2 Å². The minimum absolute atomic E-state index is 0.00735. The van der Waals surface area contributed by atoms with Gasteiger partial charge in [-0.1, -0.05) is 39.7 Å². The molecule has 248 valence electrons. The quantitative estimate of drug-likeness (QED) is 0.0780. The van der Waals surface area contributed by atoms with E-state index in [4.69, 9.17) is 23.2 Å². The van der Waals surface area contributed by atoms with E-state index in [0.29, 0.717) is 15.6 Å². The molecule has 7 rings (SSSR count). The molecule has 0 unspecified atom stereocenters. The minimum atomic E-state index is -2.64. The highest BCUT2D eigenvalue weighted by Crippen LogP contribution is 2.66. The summed E-state index contributed by atoms with van der Waals surface area (Å²) in [6, 6.07) is 10.5. The summed E-state index contributed by atoms with van der Waals surface area (Å²) in [6.07, 6.45) is 1.00. The van der Waals surface area contributed by atoms with Crippen molar-refractivity contribution >= 4 is 74.1 Å². The second kappa shape index (κ2) is 10.8.